The molecule has 2 amide bonds. The van der Waals surface area contributed by atoms with Crippen LogP contribution in [-0.4, -0.2) is 17.6 Å². The third kappa shape index (κ3) is 5.45. The molecule has 0 radical (unpaired) electrons. The zero-order valence-electron chi connectivity index (χ0n) is 15.1. The van der Waals surface area contributed by atoms with Crippen LogP contribution in [0.5, 0.6) is 0 Å². The van der Waals surface area contributed by atoms with Gasteiger partial charge in [-0.05, 0) is 66.8 Å². The lowest BCUT2D eigenvalue weighted by molar-refractivity contribution is -0.113. The van der Waals surface area contributed by atoms with E-state index in [9.17, 15) is 9.59 Å². The Hall–Kier alpha value is -2.57. The molecule has 0 atom stereocenters. The van der Waals surface area contributed by atoms with Gasteiger partial charge in [0.1, 0.15) is 0 Å². The quantitative estimate of drug-likeness (QED) is 0.552. The summed E-state index contributed by atoms with van der Waals surface area (Å²) >= 11 is 2.83. The van der Waals surface area contributed by atoms with E-state index in [2.05, 4.69) is 10.6 Å². The first-order valence-electron chi connectivity index (χ1n) is 8.46. The number of rotatable bonds is 6. The molecule has 2 N–H and O–H groups in total. The molecule has 6 heteroatoms. The maximum absolute atomic E-state index is 12.2. The summed E-state index contributed by atoms with van der Waals surface area (Å²) in [6, 6.07) is 17.0. The van der Waals surface area contributed by atoms with Crippen LogP contribution in [0.15, 0.2) is 64.9 Å². The number of thioether (sulfide) groups is 1. The van der Waals surface area contributed by atoms with E-state index in [-0.39, 0.29) is 11.8 Å². The third-order valence-electron chi connectivity index (χ3n) is 4.00. The van der Waals surface area contributed by atoms with E-state index in [0.717, 1.165) is 16.1 Å². The lowest BCUT2D eigenvalue weighted by atomic mass is 10.1. The van der Waals surface area contributed by atoms with Gasteiger partial charge in [-0.25, -0.2) is 0 Å². The first-order chi connectivity index (χ1) is 13.0. The molecule has 1 heterocycles. The Morgan fingerprint density at radius 2 is 1.74 bits per heavy atom. The normalized spacial score (nSPS) is 10.4. The molecule has 0 unspecified atom stereocenters. The zero-order valence-corrected chi connectivity index (χ0v) is 16.7. The molecule has 0 saturated carbocycles. The van der Waals surface area contributed by atoms with Crippen molar-refractivity contribution >= 4 is 46.3 Å². The number of aryl methyl sites for hydroxylation is 2. The number of hydrogen-bond donors (Lipinski definition) is 2. The van der Waals surface area contributed by atoms with E-state index in [1.165, 1.54) is 28.7 Å². The number of carbonyl (C=O) groups is 2. The Morgan fingerprint density at radius 1 is 0.926 bits per heavy atom. The Kier molecular flexibility index (Phi) is 6.32. The maximum atomic E-state index is 12.2. The number of thiophene rings is 1. The Morgan fingerprint density at radius 3 is 2.48 bits per heavy atom. The Balaban J connectivity index is 1.55. The second-order valence-electron chi connectivity index (χ2n) is 6.10. The van der Waals surface area contributed by atoms with Crippen molar-refractivity contribution in [2.45, 2.75) is 18.7 Å². The first kappa shape index (κ1) is 19.2. The SMILES string of the molecule is Cc1ccc(NC(=O)CSc2cccc(NC(=O)c3cccs3)c2)cc1C. The number of carbonyl (C=O) groups excluding carboxylic acids is 2. The predicted octanol–water partition coefficient (Wildman–Crippen LogP) is 5.35. The monoisotopic (exact) mass is 396 g/mol. The average molecular weight is 397 g/mol. The Labute approximate surface area is 167 Å². The number of hydrogen-bond acceptors (Lipinski definition) is 4. The van der Waals surface area contributed by atoms with Crippen molar-refractivity contribution in [2.75, 3.05) is 16.4 Å². The van der Waals surface area contributed by atoms with Crippen LogP contribution in [0, 0.1) is 13.8 Å². The molecule has 0 spiro atoms. The fourth-order valence-corrected chi connectivity index (χ4v) is 3.80. The van der Waals surface area contributed by atoms with Gasteiger partial charge in [-0.3, -0.25) is 9.59 Å². The highest BCUT2D eigenvalue weighted by molar-refractivity contribution is 8.00. The van der Waals surface area contributed by atoms with E-state index >= 15 is 0 Å². The largest absolute Gasteiger partial charge is 0.325 e. The summed E-state index contributed by atoms with van der Waals surface area (Å²) in [5.41, 5.74) is 3.87. The second kappa shape index (κ2) is 8.88. The molecular formula is C21H20N2O2S2. The van der Waals surface area contributed by atoms with E-state index in [0.29, 0.717) is 16.3 Å². The van der Waals surface area contributed by atoms with Gasteiger partial charge in [0, 0.05) is 16.3 Å². The van der Waals surface area contributed by atoms with Gasteiger partial charge < -0.3 is 10.6 Å². The van der Waals surface area contributed by atoms with Crippen LogP contribution in [0.25, 0.3) is 0 Å². The molecule has 0 aliphatic rings. The summed E-state index contributed by atoms with van der Waals surface area (Å²) in [5, 5.41) is 7.67. The predicted molar refractivity (Wildman–Crippen MR) is 114 cm³/mol. The molecular weight excluding hydrogens is 376 g/mol. The lowest BCUT2D eigenvalue weighted by Gasteiger charge is -2.09. The van der Waals surface area contributed by atoms with Crippen LogP contribution in [0.3, 0.4) is 0 Å². The van der Waals surface area contributed by atoms with E-state index < -0.39 is 0 Å². The summed E-state index contributed by atoms with van der Waals surface area (Å²) in [6.07, 6.45) is 0. The fraction of sp³-hybridized carbons (Fsp3) is 0.143. The van der Waals surface area contributed by atoms with E-state index in [1.54, 1.807) is 6.07 Å². The summed E-state index contributed by atoms with van der Waals surface area (Å²) in [7, 11) is 0. The van der Waals surface area contributed by atoms with Gasteiger partial charge in [0.15, 0.2) is 0 Å². The Bertz CT molecular complexity index is 953. The van der Waals surface area contributed by atoms with Crippen molar-refractivity contribution in [1.29, 1.82) is 0 Å². The van der Waals surface area contributed by atoms with Crippen molar-refractivity contribution in [3.8, 4) is 0 Å². The average Bonchev–Trinajstić information content (AvgIpc) is 3.18. The number of anilines is 2. The molecule has 0 aliphatic carbocycles. The van der Waals surface area contributed by atoms with Crippen molar-refractivity contribution < 1.29 is 9.59 Å². The molecule has 4 nitrogen and oxygen atoms in total. The van der Waals surface area contributed by atoms with Crippen LogP contribution in [0.2, 0.25) is 0 Å². The van der Waals surface area contributed by atoms with Crippen molar-refractivity contribution in [1.82, 2.24) is 0 Å². The summed E-state index contributed by atoms with van der Waals surface area (Å²) < 4.78 is 0. The molecule has 0 saturated heterocycles. The standard InChI is InChI=1S/C21H20N2O2S2/c1-14-8-9-17(11-15(14)2)22-20(24)13-27-18-6-3-5-16(12-18)23-21(25)19-7-4-10-26-19/h3-12H,13H2,1-2H3,(H,22,24)(H,23,25). The molecule has 0 fully saturated rings. The minimum atomic E-state index is -0.125. The second-order valence-corrected chi connectivity index (χ2v) is 8.09. The highest BCUT2D eigenvalue weighted by Gasteiger charge is 2.08. The van der Waals surface area contributed by atoms with Crippen LogP contribution in [0.1, 0.15) is 20.8 Å². The van der Waals surface area contributed by atoms with Crippen LogP contribution in [0.4, 0.5) is 11.4 Å². The lowest BCUT2D eigenvalue weighted by Crippen LogP contribution is -2.14. The van der Waals surface area contributed by atoms with Gasteiger partial charge in [-0.15, -0.1) is 23.1 Å². The molecule has 27 heavy (non-hydrogen) atoms. The number of amides is 2. The van der Waals surface area contributed by atoms with Gasteiger partial charge in [-0.1, -0.05) is 18.2 Å². The molecule has 3 aromatic rings. The fourth-order valence-electron chi connectivity index (χ4n) is 2.43. The summed E-state index contributed by atoms with van der Waals surface area (Å²) in [6.45, 7) is 4.07. The van der Waals surface area contributed by atoms with Crippen molar-refractivity contribution in [3.63, 3.8) is 0 Å². The van der Waals surface area contributed by atoms with Crippen LogP contribution in [-0.2, 0) is 4.79 Å². The molecule has 2 aromatic carbocycles. The van der Waals surface area contributed by atoms with Crippen molar-refractivity contribution in [3.05, 3.63) is 76.0 Å². The summed E-state index contributed by atoms with van der Waals surface area (Å²) in [4.78, 5) is 25.9. The zero-order chi connectivity index (χ0) is 19.2. The maximum Gasteiger partial charge on any atom is 0.265 e. The summed E-state index contributed by atoms with van der Waals surface area (Å²) in [5.74, 6) is 0.117. The third-order valence-corrected chi connectivity index (χ3v) is 5.86. The first-order valence-corrected chi connectivity index (χ1v) is 10.3. The molecule has 3 rings (SSSR count). The molecule has 1 aromatic heterocycles. The van der Waals surface area contributed by atoms with E-state index in [1.807, 2.05) is 67.8 Å². The highest BCUT2D eigenvalue weighted by Crippen LogP contribution is 2.23. The van der Waals surface area contributed by atoms with Gasteiger partial charge in [-0.2, -0.15) is 0 Å². The molecule has 0 aliphatic heterocycles. The minimum absolute atomic E-state index is 0.0590. The van der Waals surface area contributed by atoms with Gasteiger partial charge in [0.25, 0.3) is 5.91 Å². The number of nitrogens with one attached hydrogen (secondary N) is 2. The minimum Gasteiger partial charge on any atom is -0.325 e. The van der Waals surface area contributed by atoms with Gasteiger partial charge in [0.2, 0.25) is 5.91 Å². The molecule has 138 valence electrons. The van der Waals surface area contributed by atoms with Crippen molar-refractivity contribution in [2.24, 2.45) is 0 Å². The van der Waals surface area contributed by atoms with Gasteiger partial charge >= 0.3 is 0 Å². The van der Waals surface area contributed by atoms with E-state index in [4.69, 9.17) is 0 Å². The van der Waals surface area contributed by atoms with Crippen LogP contribution < -0.4 is 10.6 Å². The number of benzene rings is 2. The van der Waals surface area contributed by atoms with Gasteiger partial charge in [0.05, 0.1) is 10.6 Å². The topological polar surface area (TPSA) is 58.2 Å². The van der Waals surface area contributed by atoms with Crippen LogP contribution >= 0.6 is 23.1 Å². The molecule has 0 bridgehead atoms. The highest BCUT2D eigenvalue weighted by atomic mass is 32.2. The smallest absolute Gasteiger partial charge is 0.265 e.